The molecule has 0 atom stereocenters. The highest BCUT2D eigenvalue weighted by Crippen LogP contribution is 2.10. The van der Waals surface area contributed by atoms with E-state index < -0.39 is 0 Å². The van der Waals surface area contributed by atoms with Crippen molar-refractivity contribution >= 4 is 11.9 Å². The molecule has 1 saturated heterocycles. The Bertz CT molecular complexity index is 609. The molecule has 3 N–H and O–H groups in total. The van der Waals surface area contributed by atoms with Crippen LogP contribution in [0, 0.1) is 6.92 Å². The smallest absolute Gasteiger partial charge is 0.287 e. The maximum atomic E-state index is 12.0. The lowest BCUT2D eigenvalue weighted by Crippen LogP contribution is -2.49. The Morgan fingerprint density at radius 3 is 2.68 bits per heavy atom. The number of amides is 1. The van der Waals surface area contributed by atoms with Crippen molar-refractivity contribution < 1.29 is 13.9 Å². The molecule has 1 amide bonds. The monoisotopic (exact) mass is 393 g/mol. The molecular formula is C20H35N5O3. The molecule has 0 aliphatic carbocycles. The number of methoxy groups -OCH3 is 1. The normalized spacial score (nSPS) is 16.2. The van der Waals surface area contributed by atoms with Gasteiger partial charge in [0.15, 0.2) is 11.7 Å². The van der Waals surface area contributed by atoms with Gasteiger partial charge in [-0.25, -0.2) is 0 Å². The third-order valence-corrected chi connectivity index (χ3v) is 4.97. The SMILES string of the molecule is CN=C(NCCCNC(=O)c1occc1C)NC1CCN(CCCOC)CC1. The summed E-state index contributed by atoms with van der Waals surface area (Å²) in [5.41, 5.74) is 0.852. The van der Waals surface area contributed by atoms with Gasteiger partial charge in [0.05, 0.1) is 6.26 Å². The largest absolute Gasteiger partial charge is 0.459 e. The first-order chi connectivity index (χ1) is 13.6. The summed E-state index contributed by atoms with van der Waals surface area (Å²) in [5.74, 6) is 1.05. The highest BCUT2D eigenvalue weighted by Gasteiger charge is 2.19. The summed E-state index contributed by atoms with van der Waals surface area (Å²) in [6, 6.07) is 2.24. The summed E-state index contributed by atoms with van der Waals surface area (Å²) < 4.78 is 10.3. The number of carbonyl (C=O) groups excluding carboxylic acids is 1. The second-order valence-electron chi connectivity index (χ2n) is 7.15. The van der Waals surface area contributed by atoms with Crippen LogP contribution in [-0.2, 0) is 4.74 Å². The Hall–Kier alpha value is -2.06. The Kier molecular flexibility index (Phi) is 9.85. The van der Waals surface area contributed by atoms with Crippen LogP contribution < -0.4 is 16.0 Å². The molecule has 1 fully saturated rings. The summed E-state index contributed by atoms with van der Waals surface area (Å²) in [7, 11) is 3.54. The van der Waals surface area contributed by atoms with E-state index in [4.69, 9.17) is 9.15 Å². The van der Waals surface area contributed by atoms with E-state index in [1.54, 1.807) is 20.2 Å². The predicted octanol–water partition coefficient (Wildman–Crippen LogP) is 1.37. The Balaban J connectivity index is 1.57. The van der Waals surface area contributed by atoms with E-state index in [1.165, 1.54) is 6.26 Å². The number of hydrogen-bond donors (Lipinski definition) is 3. The van der Waals surface area contributed by atoms with Gasteiger partial charge in [-0.15, -0.1) is 0 Å². The average Bonchev–Trinajstić information content (AvgIpc) is 3.14. The first-order valence-corrected chi connectivity index (χ1v) is 10.1. The minimum atomic E-state index is -0.165. The zero-order chi connectivity index (χ0) is 20.2. The van der Waals surface area contributed by atoms with Crippen LogP contribution in [0.15, 0.2) is 21.7 Å². The zero-order valence-corrected chi connectivity index (χ0v) is 17.4. The molecule has 8 heteroatoms. The number of nitrogens with zero attached hydrogens (tertiary/aromatic N) is 2. The molecule has 0 unspecified atom stereocenters. The lowest BCUT2D eigenvalue weighted by molar-refractivity contribution is 0.0925. The number of likely N-dealkylation sites (tertiary alicyclic amines) is 1. The summed E-state index contributed by atoms with van der Waals surface area (Å²) in [5, 5.41) is 9.71. The van der Waals surface area contributed by atoms with Crippen molar-refractivity contribution in [1.29, 1.82) is 0 Å². The third-order valence-electron chi connectivity index (χ3n) is 4.97. The minimum absolute atomic E-state index is 0.165. The number of aryl methyl sites for hydroxylation is 1. The number of nitrogens with one attached hydrogen (secondary N) is 3. The number of hydrogen-bond acceptors (Lipinski definition) is 5. The van der Waals surface area contributed by atoms with Crippen LogP contribution in [0.4, 0.5) is 0 Å². The van der Waals surface area contributed by atoms with Gasteiger partial charge in [0.25, 0.3) is 5.91 Å². The summed E-state index contributed by atoms with van der Waals surface area (Å²) in [6.45, 7) is 7.34. The first kappa shape index (κ1) is 22.2. The Morgan fingerprint density at radius 2 is 2.04 bits per heavy atom. The van der Waals surface area contributed by atoms with Gasteiger partial charge in [0.2, 0.25) is 0 Å². The highest BCUT2D eigenvalue weighted by atomic mass is 16.5. The molecule has 8 nitrogen and oxygen atoms in total. The van der Waals surface area contributed by atoms with E-state index in [0.29, 0.717) is 18.3 Å². The van der Waals surface area contributed by atoms with Crippen molar-refractivity contribution in [3.63, 3.8) is 0 Å². The molecule has 0 saturated carbocycles. The number of piperidine rings is 1. The van der Waals surface area contributed by atoms with Crippen molar-refractivity contribution in [1.82, 2.24) is 20.9 Å². The van der Waals surface area contributed by atoms with Gasteiger partial charge >= 0.3 is 0 Å². The fourth-order valence-corrected chi connectivity index (χ4v) is 3.30. The molecule has 2 heterocycles. The van der Waals surface area contributed by atoms with Crippen molar-refractivity contribution in [2.45, 2.75) is 38.6 Å². The van der Waals surface area contributed by atoms with Gasteiger partial charge < -0.3 is 30.0 Å². The Morgan fingerprint density at radius 1 is 1.29 bits per heavy atom. The van der Waals surface area contributed by atoms with Crippen molar-refractivity contribution in [3.8, 4) is 0 Å². The summed E-state index contributed by atoms with van der Waals surface area (Å²) in [6.07, 6.45) is 5.67. The van der Waals surface area contributed by atoms with E-state index in [-0.39, 0.29) is 5.91 Å². The quantitative estimate of drug-likeness (QED) is 0.316. The minimum Gasteiger partial charge on any atom is -0.459 e. The number of ether oxygens (including phenoxy) is 1. The fourth-order valence-electron chi connectivity index (χ4n) is 3.30. The van der Waals surface area contributed by atoms with Crippen LogP contribution in [0.2, 0.25) is 0 Å². The molecule has 28 heavy (non-hydrogen) atoms. The van der Waals surface area contributed by atoms with Crippen molar-refractivity contribution in [2.24, 2.45) is 4.99 Å². The molecule has 1 aromatic rings. The van der Waals surface area contributed by atoms with Crippen molar-refractivity contribution in [3.05, 3.63) is 23.7 Å². The van der Waals surface area contributed by atoms with Crippen LogP contribution in [0.3, 0.4) is 0 Å². The molecule has 1 aliphatic rings. The number of guanidine groups is 1. The Labute approximate surface area is 168 Å². The van der Waals surface area contributed by atoms with Crippen LogP contribution in [-0.4, -0.2) is 76.3 Å². The number of furan rings is 1. The highest BCUT2D eigenvalue weighted by molar-refractivity contribution is 5.92. The van der Waals surface area contributed by atoms with Gasteiger partial charge in [0, 0.05) is 65.1 Å². The van der Waals surface area contributed by atoms with E-state index in [0.717, 1.165) is 70.0 Å². The molecule has 2 rings (SSSR count). The summed E-state index contributed by atoms with van der Waals surface area (Å²) in [4.78, 5) is 18.8. The molecular weight excluding hydrogens is 358 g/mol. The topological polar surface area (TPSA) is 91.1 Å². The van der Waals surface area contributed by atoms with Crippen LogP contribution in [0.25, 0.3) is 0 Å². The standard InChI is InChI=1S/C20H35N5O3/c1-16-8-15-28-18(16)19(26)22-9-4-10-23-20(21-2)24-17-6-12-25(13-7-17)11-5-14-27-3/h8,15,17H,4-7,9-14H2,1-3H3,(H,22,26)(H2,21,23,24). The summed E-state index contributed by atoms with van der Waals surface area (Å²) >= 11 is 0. The van der Waals surface area contributed by atoms with Crippen LogP contribution >= 0.6 is 0 Å². The van der Waals surface area contributed by atoms with Crippen LogP contribution in [0.5, 0.6) is 0 Å². The molecule has 158 valence electrons. The van der Waals surface area contributed by atoms with Gasteiger partial charge in [0.1, 0.15) is 0 Å². The number of aliphatic imine (C=N–C) groups is 1. The van der Waals surface area contributed by atoms with Crippen LogP contribution in [0.1, 0.15) is 41.8 Å². The fraction of sp³-hybridized carbons (Fsp3) is 0.700. The first-order valence-electron chi connectivity index (χ1n) is 10.1. The van der Waals surface area contributed by atoms with Gasteiger partial charge in [-0.1, -0.05) is 0 Å². The van der Waals surface area contributed by atoms with E-state index in [1.807, 2.05) is 6.92 Å². The number of carbonyl (C=O) groups is 1. The maximum absolute atomic E-state index is 12.0. The molecule has 1 aromatic heterocycles. The van der Waals surface area contributed by atoms with Gasteiger partial charge in [-0.3, -0.25) is 9.79 Å². The lowest BCUT2D eigenvalue weighted by atomic mass is 10.1. The molecule has 0 spiro atoms. The molecule has 1 aliphatic heterocycles. The number of rotatable bonds is 10. The van der Waals surface area contributed by atoms with E-state index >= 15 is 0 Å². The van der Waals surface area contributed by atoms with Crippen molar-refractivity contribution in [2.75, 3.05) is 53.5 Å². The second-order valence-corrected chi connectivity index (χ2v) is 7.15. The molecule has 0 aromatic carbocycles. The van der Waals surface area contributed by atoms with E-state index in [9.17, 15) is 4.79 Å². The second kappa shape index (κ2) is 12.4. The molecule has 0 bridgehead atoms. The lowest BCUT2D eigenvalue weighted by Gasteiger charge is -2.33. The maximum Gasteiger partial charge on any atom is 0.287 e. The predicted molar refractivity (Wildman–Crippen MR) is 111 cm³/mol. The molecule has 0 radical (unpaired) electrons. The van der Waals surface area contributed by atoms with E-state index in [2.05, 4.69) is 25.8 Å². The van der Waals surface area contributed by atoms with Gasteiger partial charge in [-0.2, -0.15) is 0 Å². The zero-order valence-electron chi connectivity index (χ0n) is 17.4. The average molecular weight is 394 g/mol. The van der Waals surface area contributed by atoms with Gasteiger partial charge in [-0.05, 0) is 38.7 Å². The third kappa shape index (κ3) is 7.52.